The van der Waals surface area contributed by atoms with Crippen molar-refractivity contribution in [3.05, 3.63) is 123 Å². The lowest BCUT2D eigenvalue weighted by atomic mass is 9.81. The van der Waals surface area contributed by atoms with Crippen LogP contribution in [0, 0.1) is 17.0 Å². The van der Waals surface area contributed by atoms with Crippen LogP contribution in [0.25, 0.3) is 5.57 Å². The van der Waals surface area contributed by atoms with E-state index in [-0.39, 0.29) is 39.3 Å². The highest BCUT2D eigenvalue weighted by molar-refractivity contribution is 6.40. The normalized spacial score (nSPS) is 17.0. The highest BCUT2D eigenvalue weighted by atomic mass is 16.6. The van der Waals surface area contributed by atoms with Gasteiger partial charge in [0.2, 0.25) is 0 Å². The summed E-state index contributed by atoms with van der Waals surface area (Å²) in [5, 5.41) is 11.1. The van der Waals surface area contributed by atoms with Crippen LogP contribution in [0.4, 0.5) is 11.4 Å². The molecule has 5 rings (SSSR count). The van der Waals surface area contributed by atoms with E-state index in [1.165, 1.54) is 36.4 Å². The van der Waals surface area contributed by atoms with E-state index in [0.29, 0.717) is 29.5 Å². The Labute approximate surface area is 223 Å². The van der Waals surface area contributed by atoms with Crippen molar-refractivity contribution in [3.8, 4) is 0 Å². The van der Waals surface area contributed by atoms with E-state index < -0.39 is 28.6 Å². The zero-order chi connectivity index (χ0) is 28.2. The number of hydrogen-bond acceptors (Lipinski definition) is 6. The Balaban J connectivity index is 1.67. The van der Waals surface area contributed by atoms with Crippen LogP contribution in [0.5, 0.6) is 0 Å². The third-order valence-corrected chi connectivity index (χ3v) is 7.17. The predicted octanol–water partition coefficient (Wildman–Crippen LogP) is 5.19. The van der Waals surface area contributed by atoms with Gasteiger partial charge in [-0.2, -0.15) is 0 Å². The first-order valence-corrected chi connectivity index (χ1v) is 12.2. The van der Waals surface area contributed by atoms with Gasteiger partial charge in [0.25, 0.3) is 29.3 Å². The fourth-order valence-electron chi connectivity index (χ4n) is 5.28. The molecule has 0 saturated carbocycles. The van der Waals surface area contributed by atoms with Crippen LogP contribution in [0.15, 0.2) is 90.2 Å². The molecular formula is C30H23N3O6. The number of benzene rings is 2. The number of allylic oxidation sites excluding steroid dienone is 5. The van der Waals surface area contributed by atoms with Crippen molar-refractivity contribution in [2.24, 2.45) is 0 Å². The molecule has 4 amide bonds. The molecule has 2 aromatic carbocycles. The van der Waals surface area contributed by atoms with Crippen molar-refractivity contribution in [1.29, 1.82) is 0 Å². The number of aryl methyl sites for hydroxylation is 1. The molecule has 0 aromatic heterocycles. The summed E-state index contributed by atoms with van der Waals surface area (Å²) in [6, 6.07) is 8.60. The number of nitro benzene ring substituents is 1. The average molecular weight is 522 g/mol. The predicted molar refractivity (Wildman–Crippen MR) is 145 cm³/mol. The van der Waals surface area contributed by atoms with Gasteiger partial charge in [-0.1, -0.05) is 43.0 Å². The lowest BCUT2D eigenvalue weighted by Crippen LogP contribution is -2.29. The van der Waals surface area contributed by atoms with Crippen LogP contribution >= 0.6 is 0 Å². The molecule has 0 spiro atoms. The molecule has 2 heterocycles. The van der Waals surface area contributed by atoms with Gasteiger partial charge in [-0.15, -0.1) is 0 Å². The Morgan fingerprint density at radius 1 is 0.897 bits per heavy atom. The lowest BCUT2D eigenvalue weighted by Gasteiger charge is -2.20. The number of nitro groups is 1. The molecule has 1 aliphatic carbocycles. The summed E-state index contributed by atoms with van der Waals surface area (Å²) in [5.41, 5.74) is 3.30. The smallest absolute Gasteiger partial charge is 0.268 e. The van der Waals surface area contributed by atoms with Crippen LogP contribution in [0.2, 0.25) is 0 Å². The summed E-state index contributed by atoms with van der Waals surface area (Å²) in [6.45, 7) is 11.0. The number of amides is 4. The molecule has 2 aromatic rings. The fraction of sp³-hybridized carbons (Fsp3) is 0.133. The maximum atomic E-state index is 13.8. The summed E-state index contributed by atoms with van der Waals surface area (Å²) in [5.74, 6) is -2.19. The first-order chi connectivity index (χ1) is 18.6. The minimum atomic E-state index is -0.584. The second-order valence-electron chi connectivity index (χ2n) is 9.44. The molecule has 9 nitrogen and oxygen atoms in total. The van der Waals surface area contributed by atoms with Crippen molar-refractivity contribution >= 4 is 40.6 Å². The molecule has 0 radical (unpaired) electrons. The number of nitrogens with zero attached hydrogens (tertiary/aromatic N) is 3. The number of carbonyl (C=O) groups is 4. The molecule has 3 aliphatic rings. The van der Waals surface area contributed by atoms with Gasteiger partial charge in [-0.3, -0.25) is 29.3 Å². The van der Waals surface area contributed by atoms with Gasteiger partial charge in [-0.25, -0.2) is 9.80 Å². The van der Waals surface area contributed by atoms with Gasteiger partial charge in [0.05, 0.1) is 32.9 Å². The third kappa shape index (κ3) is 3.78. The Morgan fingerprint density at radius 3 is 2.18 bits per heavy atom. The van der Waals surface area contributed by atoms with E-state index in [1.807, 2.05) is 0 Å². The molecule has 1 saturated heterocycles. The van der Waals surface area contributed by atoms with E-state index in [2.05, 4.69) is 13.2 Å². The molecular weight excluding hydrogens is 498 g/mol. The number of carbonyl (C=O) groups excluding carboxylic acids is 4. The topological polar surface area (TPSA) is 118 Å². The van der Waals surface area contributed by atoms with Gasteiger partial charge >= 0.3 is 0 Å². The molecule has 39 heavy (non-hydrogen) atoms. The van der Waals surface area contributed by atoms with Gasteiger partial charge in [0.1, 0.15) is 0 Å². The standard InChI is InChI=1S/C30H23N3O6/c1-5-6-7-18(4)31-27(34)23-16(2)8-14-21(25(23)29(31)36)22-15-9-17(3)24-26(22)30(37)32(28(24)35)19-10-12-20(13-11-19)33(38)39/h5-8,10-14H,1,4,9,15H2,2-3H3/b7-6-. The minimum Gasteiger partial charge on any atom is -0.268 e. The summed E-state index contributed by atoms with van der Waals surface area (Å²) < 4.78 is 0. The van der Waals surface area contributed by atoms with Crippen molar-refractivity contribution in [2.45, 2.75) is 26.7 Å². The number of imide groups is 2. The van der Waals surface area contributed by atoms with Gasteiger partial charge < -0.3 is 0 Å². The zero-order valence-corrected chi connectivity index (χ0v) is 21.3. The Hall–Kier alpha value is -5.18. The molecule has 2 aliphatic heterocycles. The second-order valence-corrected chi connectivity index (χ2v) is 9.44. The Bertz CT molecular complexity index is 1660. The molecule has 194 valence electrons. The molecule has 9 heteroatoms. The monoisotopic (exact) mass is 521 g/mol. The number of hydrogen-bond donors (Lipinski definition) is 0. The first kappa shape index (κ1) is 25.5. The highest BCUT2D eigenvalue weighted by Gasteiger charge is 2.46. The lowest BCUT2D eigenvalue weighted by molar-refractivity contribution is -0.384. The maximum absolute atomic E-state index is 13.8. The number of anilines is 1. The maximum Gasteiger partial charge on any atom is 0.269 e. The van der Waals surface area contributed by atoms with Crippen molar-refractivity contribution in [1.82, 2.24) is 4.90 Å². The van der Waals surface area contributed by atoms with Crippen molar-refractivity contribution in [3.63, 3.8) is 0 Å². The SMILES string of the molecule is C=C/C=C\C(=C)N1C(=O)c2c(C)ccc(C3=C4C(=O)N(c5ccc([N+](=O)[O-])cc5)C(=O)C4=C(C)CC3)c2C1=O. The molecule has 1 fully saturated rings. The number of rotatable bonds is 6. The molecule has 0 atom stereocenters. The number of fused-ring (bicyclic) bond motifs is 2. The summed E-state index contributed by atoms with van der Waals surface area (Å²) in [6.07, 6.45) is 5.44. The van der Waals surface area contributed by atoms with E-state index in [4.69, 9.17) is 0 Å². The van der Waals surface area contributed by atoms with Crippen LogP contribution in [-0.2, 0) is 9.59 Å². The van der Waals surface area contributed by atoms with Gasteiger partial charge in [0, 0.05) is 17.8 Å². The van der Waals surface area contributed by atoms with Crippen LogP contribution in [0.1, 0.15) is 51.6 Å². The molecule has 0 bridgehead atoms. The number of non-ortho nitro benzene ring substituents is 1. The fourth-order valence-corrected chi connectivity index (χ4v) is 5.28. The zero-order valence-electron chi connectivity index (χ0n) is 21.3. The van der Waals surface area contributed by atoms with Crippen molar-refractivity contribution in [2.75, 3.05) is 4.90 Å². The van der Waals surface area contributed by atoms with E-state index in [1.54, 1.807) is 32.1 Å². The second kappa shape index (κ2) is 9.29. The summed E-state index contributed by atoms with van der Waals surface area (Å²) in [7, 11) is 0. The minimum absolute atomic E-state index is 0.168. The Kier molecular flexibility index (Phi) is 6.06. The van der Waals surface area contributed by atoms with E-state index >= 15 is 0 Å². The first-order valence-electron chi connectivity index (χ1n) is 12.2. The highest BCUT2D eigenvalue weighted by Crippen LogP contribution is 2.45. The largest absolute Gasteiger partial charge is 0.269 e. The van der Waals surface area contributed by atoms with Crippen LogP contribution in [-0.4, -0.2) is 33.5 Å². The van der Waals surface area contributed by atoms with Crippen LogP contribution in [0.3, 0.4) is 0 Å². The quantitative estimate of drug-likeness (QED) is 0.223. The molecule has 0 N–H and O–H groups in total. The van der Waals surface area contributed by atoms with Gasteiger partial charge in [0.15, 0.2) is 0 Å². The van der Waals surface area contributed by atoms with Gasteiger partial charge in [-0.05, 0) is 61.6 Å². The summed E-state index contributed by atoms with van der Waals surface area (Å²) in [4.78, 5) is 66.8. The molecule has 0 unspecified atom stereocenters. The summed E-state index contributed by atoms with van der Waals surface area (Å²) >= 11 is 0. The van der Waals surface area contributed by atoms with E-state index in [0.717, 1.165) is 15.4 Å². The third-order valence-electron chi connectivity index (χ3n) is 7.17. The average Bonchev–Trinajstić information content (AvgIpc) is 3.33. The van der Waals surface area contributed by atoms with Crippen molar-refractivity contribution < 1.29 is 24.1 Å². The Morgan fingerprint density at radius 2 is 1.54 bits per heavy atom. The van der Waals surface area contributed by atoms with Crippen LogP contribution < -0.4 is 4.90 Å². The van der Waals surface area contributed by atoms with E-state index in [9.17, 15) is 29.3 Å².